The lowest BCUT2D eigenvalue weighted by Crippen LogP contribution is -2.17. The van der Waals surface area contributed by atoms with E-state index in [1.165, 1.54) is 11.3 Å². The summed E-state index contributed by atoms with van der Waals surface area (Å²) in [6, 6.07) is 0.215. The minimum absolute atomic E-state index is 0.105. The van der Waals surface area contributed by atoms with Gasteiger partial charge < -0.3 is 10.4 Å². The molecule has 0 aliphatic carbocycles. The highest BCUT2D eigenvalue weighted by molar-refractivity contribution is 7.84. The number of nitrogens with one attached hydrogen (secondary N) is 1. The van der Waals surface area contributed by atoms with E-state index in [4.69, 9.17) is 5.11 Å². The number of nitrogens with zero attached hydrogens (tertiary/aromatic N) is 1. The molecule has 0 radical (unpaired) electrons. The fraction of sp³-hybridized carbons (Fsp3) is 0.636. The van der Waals surface area contributed by atoms with Gasteiger partial charge in [-0.2, -0.15) is 0 Å². The van der Waals surface area contributed by atoms with Gasteiger partial charge in [0.1, 0.15) is 0 Å². The topological polar surface area (TPSA) is 79.3 Å². The van der Waals surface area contributed by atoms with Gasteiger partial charge in [0.25, 0.3) is 0 Å². The van der Waals surface area contributed by atoms with Crippen LogP contribution >= 0.6 is 11.3 Å². The zero-order chi connectivity index (χ0) is 13.5. The van der Waals surface area contributed by atoms with Crippen LogP contribution in [0, 0.1) is 0 Å². The summed E-state index contributed by atoms with van der Waals surface area (Å²) in [6.07, 6.45) is 3.09. The van der Waals surface area contributed by atoms with Gasteiger partial charge in [-0.25, -0.2) is 4.98 Å². The molecule has 1 rings (SSSR count). The third-order valence-corrected chi connectivity index (χ3v) is 3.99. The van der Waals surface area contributed by atoms with Gasteiger partial charge >= 0.3 is 5.97 Å². The molecule has 102 valence electrons. The number of hydrogen-bond donors (Lipinski definition) is 2. The van der Waals surface area contributed by atoms with Crippen LogP contribution in [0.2, 0.25) is 0 Å². The highest BCUT2D eigenvalue weighted by atomic mass is 32.2. The Bertz CT molecular complexity index is 420. The van der Waals surface area contributed by atoms with Crippen LogP contribution in [0.5, 0.6) is 0 Å². The maximum absolute atomic E-state index is 11.0. The zero-order valence-corrected chi connectivity index (χ0v) is 12.1. The molecule has 7 heteroatoms. The SMILES string of the molecule is CC(CCS(C)=O)Nc1nc(CCC(=O)O)cs1. The number of hydrogen-bond acceptors (Lipinski definition) is 5. The van der Waals surface area contributed by atoms with Crippen LogP contribution in [-0.4, -0.2) is 38.3 Å². The molecule has 5 nitrogen and oxygen atoms in total. The number of rotatable bonds is 8. The molecule has 0 aliphatic heterocycles. The molecule has 0 bridgehead atoms. The number of carboxylic acids is 1. The monoisotopic (exact) mass is 290 g/mol. The van der Waals surface area contributed by atoms with E-state index in [9.17, 15) is 9.00 Å². The summed E-state index contributed by atoms with van der Waals surface area (Å²) in [5.74, 6) is -0.137. The Labute approximate surface area is 113 Å². The van der Waals surface area contributed by atoms with Crippen LogP contribution < -0.4 is 5.32 Å². The number of aryl methyl sites for hydroxylation is 1. The first-order chi connectivity index (χ1) is 8.47. The number of thiazole rings is 1. The Balaban J connectivity index is 2.38. The van der Waals surface area contributed by atoms with Crippen molar-refractivity contribution in [1.82, 2.24) is 4.98 Å². The third-order valence-electron chi connectivity index (χ3n) is 2.35. The predicted octanol–water partition coefficient (Wildman–Crippen LogP) is 1.73. The van der Waals surface area contributed by atoms with Crippen molar-refractivity contribution in [2.75, 3.05) is 17.3 Å². The standard InChI is InChI=1S/C11H18N2O3S2/c1-8(5-6-18(2)16)12-11-13-9(7-17-11)3-4-10(14)15/h7-8H,3-6H2,1-2H3,(H,12,13)(H,14,15). The molecule has 1 aromatic heterocycles. The van der Waals surface area contributed by atoms with Crippen molar-refractivity contribution < 1.29 is 14.1 Å². The first-order valence-corrected chi connectivity index (χ1v) is 8.31. The summed E-state index contributed by atoms with van der Waals surface area (Å²) in [5, 5.41) is 14.5. The van der Waals surface area contributed by atoms with Gasteiger partial charge in [-0.15, -0.1) is 11.3 Å². The Kier molecular flexibility index (Phi) is 6.28. The van der Waals surface area contributed by atoms with Crippen molar-refractivity contribution in [3.63, 3.8) is 0 Å². The Morgan fingerprint density at radius 1 is 1.67 bits per heavy atom. The van der Waals surface area contributed by atoms with E-state index in [1.54, 1.807) is 6.26 Å². The van der Waals surface area contributed by atoms with Crippen LogP contribution in [0.25, 0.3) is 0 Å². The van der Waals surface area contributed by atoms with Gasteiger partial charge in [-0.3, -0.25) is 9.00 Å². The number of carbonyl (C=O) groups is 1. The van der Waals surface area contributed by atoms with Crippen molar-refractivity contribution in [1.29, 1.82) is 0 Å². The number of aliphatic carboxylic acids is 1. The quantitative estimate of drug-likeness (QED) is 0.762. The molecule has 0 amide bonds. The van der Waals surface area contributed by atoms with Crippen molar-refractivity contribution in [2.24, 2.45) is 0 Å². The fourth-order valence-corrected chi connectivity index (χ4v) is 2.89. The molecular weight excluding hydrogens is 272 g/mol. The highest BCUT2D eigenvalue weighted by Gasteiger charge is 2.08. The number of aromatic nitrogens is 1. The summed E-state index contributed by atoms with van der Waals surface area (Å²) in [6.45, 7) is 2.02. The van der Waals surface area contributed by atoms with Gasteiger partial charge in [0, 0.05) is 40.7 Å². The first-order valence-electron chi connectivity index (χ1n) is 5.70. The second kappa shape index (κ2) is 7.48. The summed E-state index contributed by atoms with van der Waals surface area (Å²) >= 11 is 1.47. The first kappa shape index (κ1) is 15.1. The van der Waals surface area contributed by atoms with Crippen molar-refractivity contribution in [3.05, 3.63) is 11.1 Å². The van der Waals surface area contributed by atoms with Crippen LogP contribution in [-0.2, 0) is 22.0 Å². The summed E-state index contributed by atoms with van der Waals surface area (Å²) in [7, 11) is -0.770. The zero-order valence-electron chi connectivity index (χ0n) is 10.5. The minimum atomic E-state index is -0.809. The molecule has 18 heavy (non-hydrogen) atoms. The Morgan fingerprint density at radius 3 is 3.00 bits per heavy atom. The predicted molar refractivity (Wildman–Crippen MR) is 74.7 cm³/mol. The largest absolute Gasteiger partial charge is 0.481 e. The maximum Gasteiger partial charge on any atom is 0.303 e. The van der Waals surface area contributed by atoms with Crippen molar-refractivity contribution in [2.45, 2.75) is 32.2 Å². The van der Waals surface area contributed by atoms with E-state index in [0.717, 1.165) is 17.2 Å². The Hall–Kier alpha value is -0.950. The van der Waals surface area contributed by atoms with Gasteiger partial charge in [0.2, 0.25) is 0 Å². The van der Waals surface area contributed by atoms with Crippen LogP contribution in [0.3, 0.4) is 0 Å². The van der Waals surface area contributed by atoms with Gasteiger partial charge in [0.05, 0.1) is 12.1 Å². The van der Waals surface area contributed by atoms with Crippen molar-refractivity contribution in [3.8, 4) is 0 Å². The summed E-state index contributed by atoms with van der Waals surface area (Å²) in [5.41, 5.74) is 0.802. The number of anilines is 1. The van der Waals surface area contributed by atoms with Crippen molar-refractivity contribution >= 4 is 33.2 Å². The molecule has 2 N–H and O–H groups in total. The molecule has 0 aliphatic rings. The summed E-state index contributed by atoms with van der Waals surface area (Å²) < 4.78 is 11.0. The molecule has 0 fully saturated rings. The minimum Gasteiger partial charge on any atom is -0.481 e. The molecule has 0 saturated heterocycles. The van der Waals surface area contributed by atoms with Gasteiger partial charge in [-0.1, -0.05) is 0 Å². The molecule has 1 aromatic rings. The van der Waals surface area contributed by atoms with E-state index in [1.807, 2.05) is 12.3 Å². The molecule has 0 aromatic carbocycles. The molecular formula is C11H18N2O3S2. The Morgan fingerprint density at radius 2 is 2.39 bits per heavy atom. The van der Waals surface area contributed by atoms with Gasteiger partial charge in [-0.05, 0) is 13.3 Å². The fourth-order valence-electron chi connectivity index (χ4n) is 1.35. The smallest absolute Gasteiger partial charge is 0.303 e. The molecule has 2 unspecified atom stereocenters. The molecule has 2 atom stereocenters. The molecule has 0 spiro atoms. The van der Waals surface area contributed by atoms with E-state index < -0.39 is 16.8 Å². The second-order valence-electron chi connectivity index (χ2n) is 4.15. The summed E-state index contributed by atoms with van der Waals surface area (Å²) in [4.78, 5) is 14.8. The van der Waals surface area contributed by atoms with E-state index in [-0.39, 0.29) is 12.5 Å². The average Bonchev–Trinajstić information content (AvgIpc) is 2.71. The van der Waals surface area contributed by atoms with E-state index >= 15 is 0 Å². The van der Waals surface area contributed by atoms with Crippen LogP contribution in [0.15, 0.2) is 5.38 Å². The third kappa shape index (κ3) is 6.11. The maximum atomic E-state index is 11.0. The highest BCUT2D eigenvalue weighted by Crippen LogP contribution is 2.18. The van der Waals surface area contributed by atoms with E-state index in [0.29, 0.717) is 12.2 Å². The number of carboxylic acid groups (broad SMARTS) is 1. The molecule has 1 heterocycles. The normalized spacial score (nSPS) is 14.1. The molecule has 0 saturated carbocycles. The lowest BCUT2D eigenvalue weighted by Gasteiger charge is -2.11. The van der Waals surface area contributed by atoms with E-state index in [2.05, 4.69) is 10.3 Å². The lowest BCUT2D eigenvalue weighted by molar-refractivity contribution is -0.136. The van der Waals surface area contributed by atoms with Crippen LogP contribution in [0.4, 0.5) is 5.13 Å². The van der Waals surface area contributed by atoms with Gasteiger partial charge in [0.15, 0.2) is 5.13 Å². The second-order valence-corrected chi connectivity index (χ2v) is 6.56. The van der Waals surface area contributed by atoms with Crippen LogP contribution in [0.1, 0.15) is 25.5 Å². The lowest BCUT2D eigenvalue weighted by atomic mass is 10.2. The average molecular weight is 290 g/mol.